The number of benzene rings is 2. The lowest BCUT2D eigenvalue weighted by atomic mass is 10.1. The Balaban J connectivity index is 1.43. The second kappa shape index (κ2) is 7.63. The number of anilines is 1. The predicted octanol–water partition coefficient (Wildman–Crippen LogP) is 3.81. The van der Waals surface area contributed by atoms with E-state index in [-0.39, 0.29) is 18.2 Å². The Morgan fingerprint density at radius 3 is 2.94 bits per heavy atom. The fourth-order valence-electron chi connectivity index (χ4n) is 3.96. The Morgan fingerprint density at radius 2 is 2.13 bits per heavy atom. The van der Waals surface area contributed by atoms with Crippen molar-refractivity contribution in [3.63, 3.8) is 0 Å². The number of para-hydroxylation sites is 1. The molecule has 2 aromatic carbocycles. The fraction of sp³-hybridized carbons (Fsp3) is 0.217. The number of nitrogens with one attached hydrogen (secondary N) is 2. The van der Waals surface area contributed by atoms with Crippen molar-refractivity contribution in [3.05, 3.63) is 65.1 Å². The molecule has 1 aliphatic rings. The second-order valence-electron chi connectivity index (χ2n) is 7.65. The van der Waals surface area contributed by atoms with Crippen LogP contribution in [-0.4, -0.2) is 38.7 Å². The van der Waals surface area contributed by atoms with Gasteiger partial charge in [-0.05, 0) is 43.1 Å². The molecule has 0 fully saturated rings. The van der Waals surface area contributed by atoms with Gasteiger partial charge >= 0.3 is 0 Å². The van der Waals surface area contributed by atoms with Crippen LogP contribution < -0.4 is 10.6 Å². The van der Waals surface area contributed by atoms with Crippen LogP contribution in [0.25, 0.3) is 21.5 Å². The van der Waals surface area contributed by atoms with Crippen molar-refractivity contribution < 1.29 is 9.59 Å². The minimum absolute atomic E-state index is 0.0153. The highest BCUT2D eigenvalue weighted by atomic mass is 32.1. The molecule has 0 bridgehead atoms. The quantitative estimate of drug-likeness (QED) is 0.469. The van der Waals surface area contributed by atoms with Crippen LogP contribution in [-0.2, 0) is 6.54 Å². The van der Waals surface area contributed by atoms with Gasteiger partial charge < -0.3 is 15.2 Å². The van der Waals surface area contributed by atoms with Gasteiger partial charge in [0.15, 0.2) is 5.78 Å². The van der Waals surface area contributed by atoms with Gasteiger partial charge in [0.1, 0.15) is 10.8 Å². The third-order valence-electron chi connectivity index (χ3n) is 5.53. The van der Waals surface area contributed by atoms with E-state index < -0.39 is 0 Å². The molecule has 2 aromatic heterocycles. The maximum absolute atomic E-state index is 13.1. The molecule has 8 heteroatoms. The molecule has 0 atom stereocenters. The lowest BCUT2D eigenvalue weighted by molar-refractivity contribution is 0.0955. The zero-order valence-electron chi connectivity index (χ0n) is 17.2. The van der Waals surface area contributed by atoms with E-state index in [0.717, 1.165) is 38.5 Å². The molecule has 0 saturated carbocycles. The van der Waals surface area contributed by atoms with Crippen molar-refractivity contribution in [2.75, 3.05) is 18.4 Å². The van der Waals surface area contributed by atoms with E-state index in [1.54, 1.807) is 6.07 Å². The summed E-state index contributed by atoms with van der Waals surface area (Å²) in [6.07, 6.45) is 1.87. The van der Waals surface area contributed by atoms with E-state index in [9.17, 15) is 9.59 Å². The van der Waals surface area contributed by atoms with Gasteiger partial charge in [0.25, 0.3) is 5.91 Å². The normalized spacial score (nSPS) is 13.2. The van der Waals surface area contributed by atoms with E-state index in [2.05, 4.69) is 20.0 Å². The van der Waals surface area contributed by atoms with Gasteiger partial charge in [-0.2, -0.15) is 4.37 Å². The van der Waals surface area contributed by atoms with Gasteiger partial charge in [-0.25, -0.2) is 4.98 Å². The van der Waals surface area contributed by atoms with Crippen LogP contribution in [0.2, 0.25) is 0 Å². The highest BCUT2D eigenvalue weighted by molar-refractivity contribution is 7.09. The summed E-state index contributed by atoms with van der Waals surface area (Å²) in [6, 6.07) is 11.6. The average molecular weight is 432 g/mol. The summed E-state index contributed by atoms with van der Waals surface area (Å²) in [7, 11) is 0. The van der Waals surface area contributed by atoms with Crippen molar-refractivity contribution in [2.24, 2.45) is 0 Å². The molecule has 0 spiro atoms. The Morgan fingerprint density at radius 1 is 1.26 bits per heavy atom. The predicted molar refractivity (Wildman–Crippen MR) is 122 cm³/mol. The second-order valence-corrected chi connectivity index (χ2v) is 8.40. The number of carbonyl (C=O) groups is 2. The number of ketones is 1. The Hall–Kier alpha value is -3.52. The molecule has 2 N–H and O–H groups in total. The topological polar surface area (TPSA) is 88.9 Å². The fourth-order valence-corrected chi connectivity index (χ4v) is 4.62. The molecule has 0 saturated heterocycles. The standard InChI is InChI=1S/C23H21N5O2S/c1-13-6-7-15(23-26-14(2)27-31-23)10-19(13)25-11-20(29)18-12-28-9-8-24-22(30)17-5-3-4-16(18)21(17)28/h3-7,10,12,25H,8-9,11H2,1-2H3,(H,24,30). The van der Waals surface area contributed by atoms with E-state index in [1.165, 1.54) is 11.5 Å². The Kier molecular flexibility index (Phi) is 4.78. The summed E-state index contributed by atoms with van der Waals surface area (Å²) in [4.78, 5) is 29.9. The molecule has 7 nitrogen and oxygen atoms in total. The minimum Gasteiger partial charge on any atom is -0.377 e. The van der Waals surface area contributed by atoms with Gasteiger partial charge in [-0.15, -0.1) is 0 Å². The monoisotopic (exact) mass is 431 g/mol. The molecule has 4 aromatic rings. The summed E-state index contributed by atoms with van der Waals surface area (Å²) >= 11 is 1.36. The molecule has 3 heterocycles. The third-order valence-corrected chi connectivity index (χ3v) is 6.39. The number of aryl methyl sites for hydroxylation is 2. The Bertz CT molecular complexity index is 1340. The van der Waals surface area contributed by atoms with Crippen molar-refractivity contribution in [1.29, 1.82) is 0 Å². The molecule has 0 aliphatic carbocycles. The summed E-state index contributed by atoms with van der Waals surface area (Å²) in [5.41, 5.74) is 4.98. The maximum Gasteiger partial charge on any atom is 0.253 e. The first-order valence-corrected chi connectivity index (χ1v) is 10.9. The summed E-state index contributed by atoms with van der Waals surface area (Å²) in [6.45, 7) is 5.22. The van der Waals surface area contributed by atoms with Crippen LogP contribution in [0.3, 0.4) is 0 Å². The van der Waals surface area contributed by atoms with Crippen molar-refractivity contribution in [3.8, 4) is 10.6 Å². The minimum atomic E-state index is -0.0982. The van der Waals surface area contributed by atoms with Crippen LogP contribution in [0, 0.1) is 13.8 Å². The van der Waals surface area contributed by atoms with Crippen LogP contribution >= 0.6 is 11.5 Å². The first-order valence-electron chi connectivity index (χ1n) is 10.1. The summed E-state index contributed by atoms with van der Waals surface area (Å²) < 4.78 is 6.25. The number of amides is 1. The highest BCUT2D eigenvalue weighted by Crippen LogP contribution is 2.28. The van der Waals surface area contributed by atoms with Gasteiger partial charge in [0, 0.05) is 41.5 Å². The molecular formula is C23H21N5O2S. The lowest BCUT2D eigenvalue weighted by Crippen LogP contribution is -2.24. The number of hydrogen-bond donors (Lipinski definition) is 2. The smallest absolute Gasteiger partial charge is 0.253 e. The largest absolute Gasteiger partial charge is 0.377 e. The maximum atomic E-state index is 13.1. The SMILES string of the molecule is Cc1nsc(-c2ccc(C)c(NCC(=O)c3cn4c5c(cccc35)C(=O)NCC4)c2)n1. The number of carbonyl (C=O) groups excluding carboxylic acids is 2. The summed E-state index contributed by atoms with van der Waals surface area (Å²) in [5.74, 6) is 0.639. The van der Waals surface area contributed by atoms with Gasteiger partial charge in [0.2, 0.25) is 0 Å². The van der Waals surface area contributed by atoms with E-state index in [4.69, 9.17) is 0 Å². The zero-order valence-corrected chi connectivity index (χ0v) is 18.0. The number of Topliss-reactive ketones (excluding diaryl/α,β-unsaturated/α-hetero) is 1. The summed E-state index contributed by atoms with van der Waals surface area (Å²) in [5, 5.41) is 7.86. The molecule has 5 rings (SSSR count). The van der Waals surface area contributed by atoms with Crippen LogP contribution in [0.15, 0.2) is 42.6 Å². The van der Waals surface area contributed by atoms with Gasteiger partial charge in [-0.1, -0.05) is 24.3 Å². The van der Waals surface area contributed by atoms with Crippen molar-refractivity contribution in [1.82, 2.24) is 19.2 Å². The van der Waals surface area contributed by atoms with Crippen LogP contribution in [0.5, 0.6) is 0 Å². The molecule has 1 amide bonds. The number of hydrogen-bond acceptors (Lipinski definition) is 6. The molecule has 31 heavy (non-hydrogen) atoms. The van der Waals surface area contributed by atoms with E-state index >= 15 is 0 Å². The third kappa shape index (κ3) is 3.48. The zero-order chi connectivity index (χ0) is 21.5. The van der Waals surface area contributed by atoms with Gasteiger partial charge in [-0.3, -0.25) is 9.59 Å². The average Bonchev–Trinajstić information content (AvgIpc) is 3.32. The first kappa shape index (κ1) is 19.4. The number of nitrogens with zero attached hydrogens (tertiary/aromatic N) is 3. The first-order chi connectivity index (χ1) is 15.0. The molecule has 1 aliphatic heterocycles. The number of aromatic nitrogens is 3. The van der Waals surface area contributed by atoms with Crippen LogP contribution in [0.4, 0.5) is 5.69 Å². The van der Waals surface area contributed by atoms with Crippen molar-refractivity contribution >= 4 is 39.8 Å². The van der Waals surface area contributed by atoms with Crippen molar-refractivity contribution in [2.45, 2.75) is 20.4 Å². The lowest BCUT2D eigenvalue weighted by Gasteiger charge is -2.10. The van der Waals surface area contributed by atoms with Gasteiger partial charge in [0.05, 0.1) is 17.6 Å². The molecular weight excluding hydrogens is 410 g/mol. The van der Waals surface area contributed by atoms with E-state index in [1.807, 2.05) is 54.9 Å². The highest BCUT2D eigenvalue weighted by Gasteiger charge is 2.22. The molecule has 0 unspecified atom stereocenters. The Labute approximate surface area is 183 Å². The van der Waals surface area contributed by atoms with Crippen LogP contribution in [0.1, 0.15) is 32.1 Å². The van der Waals surface area contributed by atoms with E-state index in [0.29, 0.717) is 24.2 Å². The molecule has 156 valence electrons. The number of rotatable bonds is 5. The molecule has 0 radical (unpaired) electrons.